The Labute approximate surface area is 155 Å². The van der Waals surface area contributed by atoms with Gasteiger partial charge in [-0.15, -0.1) is 11.3 Å². The third-order valence-electron chi connectivity index (χ3n) is 4.54. The maximum Gasteiger partial charge on any atom is 0.264 e. The molecule has 1 fully saturated rings. The van der Waals surface area contributed by atoms with Crippen molar-refractivity contribution in [2.24, 2.45) is 0 Å². The SMILES string of the molecule is CCCc1sc(C(=O)N(CCC#N)CCN2CCOCC2)cc1CC. The zero-order valence-corrected chi connectivity index (χ0v) is 16.2. The van der Waals surface area contributed by atoms with Crippen molar-refractivity contribution in [3.63, 3.8) is 0 Å². The molecule has 138 valence electrons. The number of nitriles is 1. The molecule has 0 atom stereocenters. The van der Waals surface area contributed by atoms with E-state index in [0.717, 1.165) is 57.0 Å². The van der Waals surface area contributed by atoms with Gasteiger partial charge in [0, 0.05) is 37.6 Å². The largest absolute Gasteiger partial charge is 0.379 e. The Hall–Kier alpha value is -1.42. The van der Waals surface area contributed by atoms with Crippen LogP contribution >= 0.6 is 11.3 Å². The molecule has 2 heterocycles. The number of aryl methyl sites for hydroxylation is 2. The number of carbonyl (C=O) groups excluding carboxylic acids is 1. The van der Waals surface area contributed by atoms with Crippen LogP contribution in [0.4, 0.5) is 0 Å². The Morgan fingerprint density at radius 2 is 2.12 bits per heavy atom. The first-order valence-electron chi connectivity index (χ1n) is 9.27. The highest BCUT2D eigenvalue weighted by atomic mass is 32.1. The lowest BCUT2D eigenvalue weighted by molar-refractivity contribution is 0.0327. The quantitative estimate of drug-likeness (QED) is 0.677. The molecular formula is C19H29N3O2S. The number of morpholine rings is 1. The molecule has 2 rings (SSSR count). The molecule has 0 aliphatic carbocycles. The van der Waals surface area contributed by atoms with Gasteiger partial charge in [-0.05, 0) is 24.5 Å². The number of nitrogens with zero attached hydrogens (tertiary/aromatic N) is 3. The fraction of sp³-hybridized carbons (Fsp3) is 0.684. The van der Waals surface area contributed by atoms with Crippen molar-refractivity contribution in [3.05, 3.63) is 21.4 Å². The van der Waals surface area contributed by atoms with Gasteiger partial charge in [-0.1, -0.05) is 20.3 Å². The molecule has 25 heavy (non-hydrogen) atoms. The Balaban J connectivity index is 2.04. The van der Waals surface area contributed by atoms with Crippen LogP contribution in [0.2, 0.25) is 0 Å². The standard InChI is InChI=1S/C19H29N3O2S/c1-3-6-17-16(4-2)15-18(25-17)19(23)22(8-5-7-20)10-9-21-11-13-24-14-12-21/h15H,3-6,8-14H2,1-2H3. The predicted molar refractivity (Wildman–Crippen MR) is 101 cm³/mol. The molecule has 0 bridgehead atoms. The Bertz CT molecular complexity index is 588. The summed E-state index contributed by atoms with van der Waals surface area (Å²) in [6, 6.07) is 4.23. The summed E-state index contributed by atoms with van der Waals surface area (Å²) in [6.45, 7) is 9.68. The van der Waals surface area contributed by atoms with E-state index in [4.69, 9.17) is 10.00 Å². The van der Waals surface area contributed by atoms with Gasteiger partial charge < -0.3 is 9.64 Å². The molecule has 1 aliphatic rings. The monoisotopic (exact) mass is 363 g/mol. The minimum absolute atomic E-state index is 0.0746. The number of hydrogen-bond donors (Lipinski definition) is 0. The zero-order valence-electron chi connectivity index (χ0n) is 15.4. The third kappa shape index (κ3) is 5.81. The van der Waals surface area contributed by atoms with Crippen molar-refractivity contribution in [2.45, 2.75) is 39.5 Å². The molecule has 1 amide bonds. The van der Waals surface area contributed by atoms with Gasteiger partial charge in [-0.3, -0.25) is 9.69 Å². The topological polar surface area (TPSA) is 56.6 Å². The second-order valence-electron chi connectivity index (χ2n) is 6.32. The van der Waals surface area contributed by atoms with Crippen LogP contribution in [0, 0.1) is 11.3 Å². The van der Waals surface area contributed by atoms with Crippen LogP contribution in [0.15, 0.2) is 6.07 Å². The fourth-order valence-corrected chi connectivity index (χ4v) is 4.38. The van der Waals surface area contributed by atoms with Crippen LogP contribution < -0.4 is 0 Å². The van der Waals surface area contributed by atoms with Crippen LogP contribution in [-0.4, -0.2) is 61.6 Å². The second kappa shape index (κ2) is 10.5. The van der Waals surface area contributed by atoms with Crippen LogP contribution in [0.1, 0.15) is 46.8 Å². The molecule has 0 saturated carbocycles. The number of ether oxygens (including phenoxy) is 1. The minimum Gasteiger partial charge on any atom is -0.379 e. The number of carbonyl (C=O) groups is 1. The fourth-order valence-electron chi connectivity index (χ4n) is 3.05. The molecule has 1 aromatic heterocycles. The van der Waals surface area contributed by atoms with Crippen LogP contribution in [0.25, 0.3) is 0 Å². The maximum absolute atomic E-state index is 13.0. The lowest BCUT2D eigenvalue weighted by Gasteiger charge is -2.29. The smallest absolute Gasteiger partial charge is 0.264 e. The number of hydrogen-bond acceptors (Lipinski definition) is 5. The van der Waals surface area contributed by atoms with Gasteiger partial charge >= 0.3 is 0 Å². The van der Waals surface area contributed by atoms with E-state index in [1.54, 1.807) is 11.3 Å². The zero-order chi connectivity index (χ0) is 18.1. The Morgan fingerprint density at radius 3 is 2.76 bits per heavy atom. The maximum atomic E-state index is 13.0. The van der Waals surface area contributed by atoms with E-state index < -0.39 is 0 Å². The summed E-state index contributed by atoms with van der Waals surface area (Å²) >= 11 is 1.63. The molecule has 0 spiro atoms. The Morgan fingerprint density at radius 1 is 1.36 bits per heavy atom. The third-order valence-corrected chi connectivity index (χ3v) is 5.76. The van der Waals surface area contributed by atoms with Crippen molar-refractivity contribution in [1.29, 1.82) is 5.26 Å². The van der Waals surface area contributed by atoms with Gasteiger partial charge in [0.2, 0.25) is 0 Å². The lowest BCUT2D eigenvalue weighted by atomic mass is 10.1. The van der Waals surface area contributed by atoms with E-state index in [-0.39, 0.29) is 5.91 Å². The summed E-state index contributed by atoms with van der Waals surface area (Å²) in [5.74, 6) is 0.0746. The summed E-state index contributed by atoms with van der Waals surface area (Å²) in [6.07, 6.45) is 3.47. The van der Waals surface area contributed by atoms with E-state index >= 15 is 0 Å². The molecule has 0 unspecified atom stereocenters. The first-order valence-corrected chi connectivity index (χ1v) is 10.1. The molecule has 6 heteroatoms. The summed E-state index contributed by atoms with van der Waals surface area (Å²) in [4.78, 5) is 19.3. The Kier molecular flexibility index (Phi) is 8.39. The number of amides is 1. The normalized spacial score (nSPS) is 15.1. The van der Waals surface area contributed by atoms with Crippen molar-refractivity contribution < 1.29 is 9.53 Å². The summed E-state index contributed by atoms with van der Waals surface area (Å²) in [5, 5.41) is 8.93. The van der Waals surface area contributed by atoms with Crippen LogP contribution in [-0.2, 0) is 17.6 Å². The van der Waals surface area contributed by atoms with E-state index in [1.165, 1.54) is 10.4 Å². The summed E-state index contributed by atoms with van der Waals surface area (Å²) < 4.78 is 5.38. The second-order valence-corrected chi connectivity index (χ2v) is 7.45. The summed E-state index contributed by atoms with van der Waals surface area (Å²) in [5.41, 5.74) is 1.30. The van der Waals surface area contributed by atoms with Crippen molar-refractivity contribution in [1.82, 2.24) is 9.80 Å². The molecule has 0 N–H and O–H groups in total. The van der Waals surface area contributed by atoms with Crippen molar-refractivity contribution >= 4 is 17.2 Å². The number of rotatable bonds is 9. The van der Waals surface area contributed by atoms with Gasteiger partial charge in [-0.25, -0.2) is 0 Å². The molecular weight excluding hydrogens is 334 g/mol. The first kappa shape index (κ1) is 19.9. The van der Waals surface area contributed by atoms with Gasteiger partial charge in [0.1, 0.15) is 0 Å². The van der Waals surface area contributed by atoms with E-state index in [9.17, 15) is 4.79 Å². The highest BCUT2D eigenvalue weighted by Crippen LogP contribution is 2.26. The predicted octanol–water partition coefficient (Wildman–Crippen LogP) is 2.95. The van der Waals surface area contributed by atoms with E-state index in [1.807, 2.05) is 4.90 Å². The minimum atomic E-state index is 0.0746. The van der Waals surface area contributed by atoms with Gasteiger partial charge in [0.05, 0.1) is 30.6 Å². The highest BCUT2D eigenvalue weighted by Gasteiger charge is 2.21. The average Bonchev–Trinajstić information content (AvgIpc) is 3.05. The van der Waals surface area contributed by atoms with E-state index in [0.29, 0.717) is 19.5 Å². The van der Waals surface area contributed by atoms with Crippen LogP contribution in [0.5, 0.6) is 0 Å². The summed E-state index contributed by atoms with van der Waals surface area (Å²) in [7, 11) is 0. The van der Waals surface area contributed by atoms with Crippen LogP contribution in [0.3, 0.4) is 0 Å². The molecule has 1 aliphatic heterocycles. The molecule has 0 aromatic carbocycles. The van der Waals surface area contributed by atoms with Gasteiger partial charge in [0.15, 0.2) is 0 Å². The number of thiophene rings is 1. The van der Waals surface area contributed by atoms with Crippen molar-refractivity contribution in [3.8, 4) is 6.07 Å². The first-order chi connectivity index (χ1) is 12.2. The highest BCUT2D eigenvalue weighted by molar-refractivity contribution is 7.14. The molecule has 5 nitrogen and oxygen atoms in total. The molecule has 1 saturated heterocycles. The van der Waals surface area contributed by atoms with E-state index in [2.05, 4.69) is 30.9 Å². The van der Waals surface area contributed by atoms with Gasteiger partial charge in [-0.2, -0.15) is 5.26 Å². The molecule has 0 radical (unpaired) electrons. The van der Waals surface area contributed by atoms with Gasteiger partial charge in [0.25, 0.3) is 5.91 Å². The molecule has 1 aromatic rings. The average molecular weight is 364 g/mol. The lowest BCUT2D eigenvalue weighted by Crippen LogP contribution is -2.43. The van der Waals surface area contributed by atoms with Crippen molar-refractivity contribution in [2.75, 3.05) is 45.9 Å².